The molecule has 2 rings (SSSR count). The van der Waals surface area contributed by atoms with Crippen molar-refractivity contribution in [1.82, 2.24) is 4.37 Å². The van der Waals surface area contributed by atoms with Crippen molar-refractivity contribution >= 4 is 52.3 Å². The lowest BCUT2D eigenvalue weighted by atomic mass is 10.1. The average molecular weight is 309 g/mol. The zero-order valence-electron chi connectivity index (χ0n) is 8.08. The minimum absolute atomic E-state index is 0.0384. The number of carbonyl (C=O) groups is 1. The fourth-order valence-electron chi connectivity index (χ4n) is 1.31. The van der Waals surface area contributed by atoms with E-state index in [0.29, 0.717) is 20.5 Å². The van der Waals surface area contributed by atoms with Gasteiger partial charge in [0, 0.05) is 10.6 Å². The van der Waals surface area contributed by atoms with Crippen LogP contribution >= 0.6 is 46.3 Å². The van der Waals surface area contributed by atoms with Crippen LogP contribution in [-0.2, 0) is 0 Å². The van der Waals surface area contributed by atoms with Crippen molar-refractivity contribution in [2.75, 3.05) is 0 Å². The van der Waals surface area contributed by atoms with E-state index < -0.39 is 5.97 Å². The Morgan fingerprint density at radius 2 is 2.00 bits per heavy atom. The maximum Gasteiger partial charge on any atom is 0.340 e. The number of carboxylic acid groups (broad SMARTS) is 1. The monoisotopic (exact) mass is 307 g/mol. The SMILES string of the molecule is O=C(O)c1c(Cl)nsc1-c1ccc(Cl)cc1Cl. The third kappa shape index (κ3) is 2.40. The molecule has 1 heterocycles. The van der Waals surface area contributed by atoms with Crippen LogP contribution in [0.15, 0.2) is 18.2 Å². The van der Waals surface area contributed by atoms with Crippen molar-refractivity contribution in [2.45, 2.75) is 0 Å². The number of carboxylic acids is 1. The van der Waals surface area contributed by atoms with E-state index in [4.69, 9.17) is 39.9 Å². The number of hydrogen-bond acceptors (Lipinski definition) is 3. The summed E-state index contributed by atoms with van der Waals surface area (Å²) in [5.41, 5.74) is 0.513. The molecule has 0 unspecified atom stereocenters. The Balaban J connectivity index is 2.65. The number of hydrogen-bond donors (Lipinski definition) is 1. The summed E-state index contributed by atoms with van der Waals surface area (Å²) in [6.45, 7) is 0. The van der Waals surface area contributed by atoms with Crippen molar-refractivity contribution in [1.29, 1.82) is 0 Å². The van der Waals surface area contributed by atoms with Gasteiger partial charge in [-0.15, -0.1) is 0 Å². The maximum atomic E-state index is 11.1. The molecule has 0 atom stereocenters. The molecule has 0 aliphatic heterocycles. The minimum atomic E-state index is -1.13. The van der Waals surface area contributed by atoms with Crippen LogP contribution in [0.4, 0.5) is 0 Å². The van der Waals surface area contributed by atoms with Crippen LogP contribution in [0.1, 0.15) is 10.4 Å². The Morgan fingerprint density at radius 3 is 2.59 bits per heavy atom. The largest absolute Gasteiger partial charge is 0.478 e. The molecular formula is C10H4Cl3NO2S. The van der Waals surface area contributed by atoms with Crippen molar-refractivity contribution in [3.63, 3.8) is 0 Å². The van der Waals surface area contributed by atoms with Crippen LogP contribution in [0.5, 0.6) is 0 Å². The first-order valence-corrected chi connectivity index (χ1v) is 6.25. The number of benzene rings is 1. The second-order valence-corrected chi connectivity index (χ2v) is 5.08. The molecule has 17 heavy (non-hydrogen) atoms. The molecule has 0 aliphatic rings. The van der Waals surface area contributed by atoms with Gasteiger partial charge in [0.1, 0.15) is 5.56 Å². The molecule has 2 aromatic rings. The van der Waals surface area contributed by atoms with E-state index in [0.717, 1.165) is 11.5 Å². The van der Waals surface area contributed by atoms with Crippen molar-refractivity contribution < 1.29 is 9.90 Å². The highest BCUT2D eigenvalue weighted by molar-refractivity contribution is 7.10. The number of rotatable bonds is 2. The normalized spacial score (nSPS) is 10.5. The molecule has 0 saturated heterocycles. The Labute approximate surface area is 116 Å². The summed E-state index contributed by atoms with van der Waals surface area (Å²) in [6, 6.07) is 4.81. The van der Waals surface area contributed by atoms with Crippen LogP contribution in [0, 0.1) is 0 Å². The molecule has 0 spiro atoms. The predicted molar refractivity (Wildman–Crippen MR) is 69.5 cm³/mol. The fourth-order valence-corrected chi connectivity index (χ4v) is 3.02. The number of aromatic carboxylic acids is 1. The molecular weight excluding hydrogens is 305 g/mol. The highest BCUT2D eigenvalue weighted by atomic mass is 35.5. The lowest BCUT2D eigenvalue weighted by molar-refractivity contribution is 0.0698. The highest BCUT2D eigenvalue weighted by Gasteiger charge is 2.21. The Kier molecular flexibility index (Phi) is 3.58. The summed E-state index contributed by atoms with van der Waals surface area (Å²) in [6.07, 6.45) is 0. The summed E-state index contributed by atoms with van der Waals surface area (Å²) in [7, 11) is 0. The summed E-state index contributed by atoms with van der Waals surface area (Å²) in [5.74, 6) is -1.13. The standard InChI is InChI=1S/C10H4Cl3NO2S/c11-4-1-2-5(6(12)3-4)8-7(10(15)16)9(13)14-17-8/h1-3H,(H,15,16). The molecule has 1 aromatic carbocycles. The lowest BCUT2D eigenvalue weighted by Gasteiger charge is -2.03. The summed E-state index contributed by atoms with van der Waals surface area (Å²) in [4.78, 5) is 11.5. The van der Waals surface area contributed by atoms with Gasteiger partial charge in [0.15, 0.2) is 5.15 Å². The van der Waals surface area contributed by atoms with E-state index >= 15 is 0 Å². The van der Waals surface area contributed by atoms with E-state index in [1.54, 1.807) is 12.1 Å². The average Bonchev–Trinajstić information content (AvgIpc) is 2.60. The van der Waals surface area contributed by atoms with Gasteiger partial charge in [-0.1, -0.05) is 40.9 Å². The zero-order valence-corrected chi connectivity index (χ0v) is 11.2. The quantitative estimate of drug-likeness (QED) is 0.890. The fraction of sp³-hybridized carbons (Fsp3) is 0. The summed E-state index contributed by atoms with van der Waals surface area (Å²) < 4.78 is 3.81. The molecule has 1 N–H and O–H groups in total. The Bertz CT molecular complexity index is 597. The van der Waals surface area contributed by atoms with Gasteiger partial charge in [0.05, 0.1) is 9.90 Å². The van der Waals surface area contributed by atoms with Gasteiger partial charge < -0.3 is 5.11 Å². The maximum absolute atomic E-state index is 11.1. The van der Waals surface area contributed by atoms with Crippen LogP contribution in [0.2, 0.25) is 15.2 Å². The van der Waals surface area contributed by atoms with Crippen molar-refractivity contribution in [2.24, 2.45) is 0 Å². The number of aromatic nitrogens is 1. The zero-order chi connectivity index (χ0) is 12.6. The van der Waals surface area contributed by atoms with Crippen LogP contribution in [-0.4, -0.2) is 15.4 Å². The van der Waals surface area contributed by atoms with Gasteiger partial charge in [-0.2, -0.15) is 4.37 Å². The summed E-state index contributed by atoms with van der Waals surface area (Å²) >= 11 is 18.5. The van der Waals surface area contributed by atoms with Gasteiger partial charge in [-0.05, 0) is 23.7 Å². The molecule has 1 aromatic heterocycles. The smallest absolute Gasteiger partial charge is 0.340 e. The molecule has 0 bridgehead atoms. The van der Waals surface area contributed by atoms with Gasteiger partial charge in [0.2, 0.25) is 0 Å². The van der Waals surface area contributed by atoms with E-state index in [1.165, 1.54) is 6.07 Å². The second-order valence-electron chi connectivity index (χ2n) is 3.11. The van der Waals surface area contributed by atoms with E-state index in [-0.39, 0.29) is 10.7 Å². The van der Waals surface area contributed by atoms with Crippen molar-refractivity contribution in [3.05, 3.63) is 39.0 Å². The van der Waals surface area contributed by atoms with Crippen LogP contribution in [0.3, 0.4) is 0 Å². The molecule has 0 saturated carbocycles. The Hall–Kier alpha value is -0.810. The minimum Gasteiger partial charge on any atom is -0.478 e. The van der Waals surface area contributed by atoms with Crippen LogP contribution in [0.25, 0.3) is 10.4 Å². The first kappa shape index (κ1) is 12.6. The van der Waals surface area contributed by atoms with E-state index in [2.05, 4.69) is 4.37 Å². The third-order valence-corrected chi connectivity index (χ3v) is 3.84. The van der Waals surface area contributed by atoms with E-state index in [9.17, 15) is 4.79 Å². The predicted octanol–water partition coefficient (Wildman–Crippen LogP) is 4.47. The molecule has 3 nitrogen and oxygen atoms in total. The van der Waals surface area contributed by atoms with Gasteiger partial charge in [0.25, 0.3) is 0 Å². The third-order valence-electron chi connectivity index (χ3n) is 2.04. The number of nitrogens with zero attached hydrogens (tertiary/aromatic N) is 1. The molecule has 7 heteroatoms. The molecule has 0 amide bonds. The van der Waals surface area contributed by atoms with Crippen molar-refractivity contribution in [3.8, 4) is 10.4 Å². The molecule has 0 fully saturated rings. The van der Waals surface area contributed by atoms with Crippen LogP contribution < -0.4 is 0 Å². The first-order valence-electron chi connectivity index (χ1n) is 4.34. The number of halogens is 3. The highest BCUT2D eigenvalue weighted by Crippen LogP contribution is 2.37. The molecule has 0 aliphatic carbocycles. The summed E-state index contributed by atoms with van der Waals surface area (Å²) in [5, 5.41) is 9.86. The van der Waals surface area contributed by atoms with Gasteiger partial charge in [-0.3, -0.25) is 0 Å². The lowest BCUT2D eigenvalue weighted by Crippen LogP contribution is -1.97. The topological polar surface area (TPSA) is 50.2 Å². The first-order chi connectivity index (χ1) is 8.00. The van der Waals surface area contributed by atoms with Gasteiger partial charge >= 0.3 is 5.97 Å². The van der Waals surface area contributed by atoms with E-state index in [1.807, 2.05) is 0 Å². The second kappa shape index (κ2) is 4.82. The Morgan fingerprint density at radius 1 is 1.29 bits per heavy atom. The molecule has 0 radical (unpaired) electrons. The molecule has 88 valence electrons. The van der Waals surface area contributed by atoms with Gasteiger partial charge in [-0.25, -0.2) is 4.79 Å².